The molecule has 0 heterocycles. The number of hydrogen-bond acceptors (Lipinski definition) is 5. The topological polar surface area (TPSA) is 65.1 Å². The number of sulfonamides is 1. The van der Waals surface area contributed by atoms with Crippen molar-refractivity contribution in [2.75, 3.05) is 25.6 Å². The number of methoxy groups -OCH3 is 3. The molecule has 0 atom stereocenters. The molecule has 0 aliphatic heterocycles. The van der Waals surface area contributed by atoms with Gasteiger partial charge in [-0.15, -0.1) is 0 Å². The SMILES string of the molecule is COc1ccc(S(=O)(=O)N(Cc2ccccc2Cl)c2ccc(OC)cc2OC)cc1. The lowest BCUT2D eigenvalue weighted by molar-refractivity contribution is 0.394. The minimum absolute atomic E-state index is 0.0245. The van der Waals surface area contributed by atoms with Crippen LogP contribution in [-0.2, 0) is 16.6 Å². The first kappa shape index (κ1) is 21.8. The predicted molar refractivity (Wildman–Crippen MR) is 117 cm³/mol. The molecule has 3 rings (SSSR count). The van der Waals surface area contributed by atoms with Gasteiger partial charge >= 0.3 is 0 Å². The average molecular weight is 448 g/mol. The maximum atomic E-state index is 13.6. The minimum atomic E-state index is -3.95. The fourth-order valence-electron chi connectivity index (χ4n) is 2.95. The van der Waals surface area contributed by atoms with Gasteiger partial charge in [-0.05, 0) is 48.0 Å². The van der Waals surface area contributed by atoms with Crippen molar-refractivity contribution < 1.29 is 22.6 Å². The third kappa shape index (κ3) is 4.47. The van der Waals surface area contributed by atoms with Gasteiger partial charge in [-0.2, -0.15) is 0 Å². The van der Waals surface area contributed by atoms with Crippen LogP contribution in [0.2, 0.25) is 5.02 Å². The summed E-state index contributed by atoms with van der Waals surface area (Å²) in [7, 11) is 0.585. The molecule has 0 radical (unpaired) electrons. The molecule has 3 aromatic carbocycles. The van der Waals surface area contributed by atoms with E-state index in [-0.39, 0.29) is 11.4 Å². The number of benzene rings is 3. The van der Waals surface area contributed by atoms with Gasteiger partial charge in [0.05, 0.1) is 38.5 Å². The molecular weight excluding hydrogens is 426 g/mol. The summed E-state index contributed by atoms with van der Waals surface area (Å²) in [5, 5.41) is 0.472. The molecule has 0 amide bonds. The van der Waals surface area contributed by atoms with E-state index < -0.39 is 10.0 Å². The van der Waals surface area contributed by atoms with E-state index in [0.29, 0.717) is 33.5 Å². The van der Waals surface area contributed by atoms with Gasteiger partial charge in [0.2, 0.25) is 0 Å². The van der Waals surface area contributed by atoms with Crippen LogP contribution in [0.1, 0.15) is 5.56 Å². The van der Waals surface area contributed by atoms with Gasteiger partial charge in [-0.25, -0.2) is 8.42 Å². The fraction of sp³-hybridized carbons (Fsp3) is 0.182. The van der Waals surface area contributed by atoms with E-state index in [1.165, 1.54) is 37.8 Å². The zero-order valence-electron chi connectivity index (χ0n) is 16.8. The van der Waals surface area contributed by atoms with Gasteiger partial charge in [0.15, 0.2) is 0 Å². The summed E-state index contributed by atoms with van der Waals surface area (Å²) in [6.45, 7) is 0.0245. The zero-order valence-corrected chi connectivity index (χ0v) is 18.4. The molecule has 0 fully saturated rings. The van der Waals surface area contributed by atoms with E-state index in [0.717, 1.165) is 0 Å². The van der Waals surface area contributed by atoms with Crippen LogP contribution in [0.5, 0.6) is 17.2 Å². The normalized spacial score (nSPS) is 11.1. The van der Waals surface area contributed by atoms with Gasteiger partial charge < -0.3 is 14.2 Å². The maximum absolute atomic E-state index is 13.6. The third-order valence-electron chi connectivity index (χ3n) is 4.57. The maximum Gasteiger partial charge on any atom is 0.264 e. The Balaban J connectivity index is 2.15. The molecule has 0 aliphatic rings. The summed E-state index contributed by atoms with van der Waals surface area (Å²) in [4.78, 5) is 0.119. The van der Waals surface area contributed by atoms with Gasteiger partial charge in [0.1, 0.15) is 17.2 Å². The monoisotopic (exact) mass is 447 g/mol. The number of nitrogens with zero attached hydrogens (tertiary/aromatic N) is 1. The molecule has 8 heteroatoms. The van der Waals surface area contributed by atoms with E-state index in [1.807, 2.05) is 6.07 Å². The number of halogens is 1. The van der Waals surface area contributed by atoms with Crippen molar-refractivity contribution >= 4 is 27.3 Å². The van der Waals surface area contributed by atoms with Gasteiger partial charge in [0.25, 0.3) is 10.0 Å². The second-order valence-corrected chi connectivity index (χ2v) is 8.59. The highest BCUT2D eigenvalue weighted by Gasteiger charge is 2.28. The van der Waals surface area contributed by atoms with Gasteiger partial charge in [-0.1, -0.05) is 29.8 Å². The molecule has 158 valence electrons. The van der Waals surface area contributed by atoms with Crippen molar-refractivity contribution in [1.82, 2.24) is 0 Å². The first-order chi connectivity index (χ1) is 14.4. The molecule has 6 nitrogen and oxygen atoms in total. The lowest BCUT2D eigenvalue weighted by Crippen LogP contribution is -2.31. The predicted octanol–water partition coefficient (Wildman–Crippen LogP) is 4.76. The van der Waals surface area contributed by atoms with Crippen molar-refractivity contribution in [3.8, 4) is 17.2 Å². The van der Waals surface area contributed by atoms with Crippen molar-refractivity contribution in [2.24, 2.45) is 0 Å². The quantitative estimate of drug-likeness (QED) is 0.498. The Hall–Kier alpha value is -2.90. The lowest BCUT2D eigenvalue weighted by Gasteiger charge is -2.27. The highest BCUT2D eigenvalue weighted by Crippen LogP contribution is 2.37. The van der Waals surface area contributed by atoms with Crippen LogP contribution in [0.4, 0.5) is 5.69 Å². The molecular formula is C22H22ClNO5S. The standard InChI is InChI=1S/C22H22ClNO5S/c1-27-17-8-11-19(12-9-17)30(25,26)24(15-16-6-4-5-7-20(16)23)21-13-10-18(28-2)14-22(21)29-3/h4-14H,15H2,1-3H3. The molecule has 0 unspecified atom stereocenters. The number of ether oxygens (including phenoxy) is 3. The molecule has 0 aromatic heterocycles. The summed E-state index contributed by atoms with van der Waals surface area (Å²) >= 11 is 6.32. The van der Waals surface area contributed by atoms with Crippen LogP contribution in [0.3, 0.4) is 0 Å². The van der Waals surface area contributed by atoms with Crippen LogP contribution in [0, 0.1) is 0 Å². The Morgan fingerprint density at radius 2 is 1.47 bits per heavy atom. The average Bonchev–Trinajstić information content (AvgIpc) is 2.78. The lowest BCUT2D eigenvalue weighted by atomic mass is 10.2. The largest absolute Gasteiger partial charge is 0.497 e. The molecule has 0 spiro atoms. The minimum Gasteiger partial charge on any atom is -0.497 e. The Kier molecular flexibility index (Phi) is 6.74. The summed E-state index contributed by atoms with van der Waals surface area (Å²) in [6.07, 6.45) is 0. The summed E-state index contributed by atoms with van der Waals surface area (Å²) in [5.41, 5.74) is 1.03. The third-order valence-corrected chi connectivity index (χ3v) is 6.72. The summed E-state index contributed by atoms with van der Waals surface area (Å²) in [5.74, 6) is 1.47. The number of hydrogen-bond donors (Lipinski definition) is 0. The van der Waals surface area contributed by atoms with E-state index >= 15 is 0 Å². The number of anilines is 1. The van der Waals surface area contributed by atoms with E-state index in [1.54, 1.807) is 48.5 Å². The van der Waals surface area contributed by atoms with Crippen LogP contribution in [0.15, 0.2) is 71.6 Å². The van der Waals surface area contributed by atoms with Crippen LogP contribution in [-0.4, -0.2) is 29.7 Å². The van der Waals surface area contributed by atoms with Crippen molar-refractivity contribution in [3.05, 3.63) is 77.3 Å². The van der Waals surface area contributed by atoms with Gasteiger partial charge in [-0.3, -0.25) is 4.31 Å². The van der Waals surface area contributed by atoms with E-state index in [4.69, 9.17) is 25.8 Å². The number of rotatable bonds is 8. The summed E-state index contributed by atoms with van der Waals surface area (Å²) in [6, 6.07) is 18.3. The second-order valence-electron chi connectivity index (χ2n) is 6.32. The Morgan fingerprint density at radius 1 is 0.833 bits per heavy atom. The first-order valence-electron chi connectivity index (χ1n) is 9.03. The zero-order chi connectivity index (χ0) is 21.7. The van der Waals surface area contributed by atoms with Crippen LogP contribution in [0.25, 0.3) is 0 Å². The highest BCUT2D eigenvalue weighted by molar-refractivity contribution is 7.92. The first-order valence-corrected chi connectivity index (χ1v) is 10.8. The second kappa shape index (κ2) is 9.28. The van der Waals surface area contributed by atoms with Crippen molar-refractivity contribution in [3.63, 3.8) is 0 Å². The molecule has 3 aromatic rings. The summed E-state index contributed by atoms with van der Waals surface area (Å²) < 4.78 is 44.4. The molecule has 0 bridgehead atoms. The fourth-order valence-corrected chi connectivity index (χ4v) is 4.60. The van der Waals surface area contributed by atoms with Crippen molar-refractivity contribution in [2.45, 2.75) is 11.4 Å². The van der Waals surface area contributed by atoms with E-state index in [9.17, 15) is 8.42 Å². The Morgan fingerprint density at radius 3 is 2.07 bits per heavy atom. The van der Waals surface area contributed by atoms with E-state index in [2.05, 4.69) is 0 Å². The smallest absolute Gasteiger partial charge is 0.264 e. The molecule has 30 heavy (non-hydrogen) atoms. The molecule has 0 aliphatic carbocycles. The Labute approximate surface area is 181 Å². The molecule has 0 saturated heterocycles. The molecule has 0 saturated carbocycles. The Bertz CT molecular complexity index is 1120. The van der Waals surface area contributed by atoms with Crippen LogP contribution < -0.4 is 18.5 Å². The highest BCUT2D eigenvalue weighted by atomic mass is 35.5. The molecule has 0 N–H and O–H groups in total. The van der Waals surface area contributed by atoms with Gasteiger partial charge in [0, 0.05) is 11.1 Å². The van der Waals surface area contributed by atoms with Crippen molar-refractivity contribution in [1.29, 1.82) is 0 Å². The van der Waals surface area contributed by atoms with Crippen LogP contribution >= 0.6 is 11.6 Å².